The van der Waals surface area contributed by atoms with Crippen molar-refractivity contribution in [2.24, 2.45) is 0 Å². The molecule has 0 bridgehead atoms. The molecule has 0 unspecified atom stereocenters. The highest BCUT2D eigenvalue weighted by Crippen LogP contribution is 2.22. The second-order valence-electron chi connectivity index (χ2n) is 5.42. The fourth-order valence-electron chi connectivity index (χ4n) is 2.67. The highest BCUT2D eigenvalue weighted by Gasteiger charge is 2.34. The fraction of sp³-hybridized carbons (Fsp3) is 0.529. The quantitative estimate of drug-likeness (QED) is 0.511. The lowest BCUT2D eigenvalue weighted by Crippen LogP contribution is -2.30. The Morgan fingerprint density at radius 1 is 0.857 bits per heavy atom. The van der Waals surface area contributed by atoms with Crippen LogP contribution >= 0.6 is 11.8 Å². The third-order valence-corrected chi connectivity index (χ3v) is 4.56. The highest BCUT2D eigenvalue weighted by atomic mass is 32.2. The second-order valence-corrected chi connectivity index (χ2v) is 6.41. The molecule has 0 radical (unpaired) electrons. The number of imide groups is 1. The molecule has 114 valence electrons. The van der Waals surface area contributed by atoms with Crippen LogP contribution < -0.4 is 0 Å². The highest BCUT2D eigenvalue weighted by molar-refractivity contribution is 7.98. The summed E-state index contributed by atoms with van der Waals surface area (Å²) in [6.07, 6.45) is 9.16. The average molecular weight is 305 g/mol. The van der Waals surface area contributed by atoms with Crippen LogP contribution in [0.2, 0.25) is 0 Å². The van der Waals surface area contributed by atoms with Gasteiger partial charge >= 0.3 is 0 Å². The molecule has 0 aromatic heterocycles. The van der Waals surface area contributed by atoms with Crippen molar-refractivity contribution in [1.82, 2.24) is 4.90 Å². The molecule has 0 spiro atoms. The summed E-state index contributed by atoms with van der Waals surface area (Å²) in [5, 5.41) is 0. The minimum atomic E-state index is -0.129. The van der Waals surface area contributed by atoms with E-state index in [0.717, 1.165) is 12.8 Å². The van der Waals surface area contributed by atoms with Crippen molar-refractivity contribution >= 4 is 23.6 Å². The van der Waals surface area contributed by atoms with Gasteiger partial charge in [-0.25, -0.2) is 0 Å². The van der Waals surface area contributed by atoms with Crippen LogP contribution in [0, 0.1) is 0 Å². The minimum absolute atomic E-state index is 0.129. The number of carbonyl (C=O) groups excluding carboxylic acids is 2. The van der Waals surface area contributed by atoms with Crippen molar-refractivity contribution in [2.45, 2.75) is 38.5 Å². The Labute approximate surface area is 131 Å². The molecule has 0 aliphatic carbocycles. The number of thioether (sulfide) groups is 1. The molecule has 1 aromatic rings. The summed E-state index contributed by atoms with van der Waals surface area (Å²) in [6.45, 7) is 0.553. The fourth-order valence-corrected chi connectivity index (χ4v) is 3.16. The number of nitrogens with zero attached hydrogens (tertiary/aromatic N) is 1. The predicted octanol–water partition coefficient (Wildman–Crippen LogP) is 3.99. The van der Waals surface area contributed by atoms with Crippen molar-refractivity contribution in [3.8, 4) is 0 Å². The van der Waals surface area contributed by atoms with E-state index in [9.17, 15) is 9.59 Å². The summed E-state index contributed by atoms with van der Waals surface area (Å²) >= 11 is 1.90. The van der Waals surface area contributed by atoms with Gasteiger partial charge in [-0.2, -0.15) is 11.8 Å². The molecule has 4 heteroatoms. The van der Waals surface area contributed by atoms with Crippen LogP contribution in [0.15, 0.2) is 24.3 Å². The molecule has 2 rings (SSSR count). The van der Waals surface area contributed by atoms with Crippen molar-refractivity contribution < 1.29 is 9.59 Å². The molecule has 21 heavy (non-hydrogen) atoms. The Hall–Kier alpha value is -1.29. The Morgan fingerprint density at radius 2 is 1.38 bits per heavy atom. The molecule has 0 N–H and O–H groups in total. The Morgan fingerprint density at radius 3 is 1.95 bits per heavy atom. The van der Waals surface area contributed by atoms with Gasteiger partial charge in [0.25, 0.3) is 11.8 Å². The zero-order valence-electron chi connectivity index (χ0n) is 12.6. The van der Waals surface area contributed by atoms with Crippen molar-refractivity contribution in [3.63, 3.8) is 0 Å². The van der Waals surface area contributed by atoms with Gasteiger partial charge in [-0.3, -0.25) is 14.5 Å². The summed E-state index contributed by atoms with van der Waals surface area (Å²) < 4.78 is 0. The van der Waals surface area contributed by atoms with E-state index in [0.29, 0.717) is 17.7 Å². The largest absolute Gasteiger partial charge is 0.274 e. The molecule has 1 aliphatic rings. The van der Waals surface area contributed by atoms with Crippen LogP contribution in [-0.2, 0) is 0 Å². The van der Waals surface area contributed by atoms with Crippen molar-refractivity contribution in [1.29, 1.82) is 0 Å². The van der Waals surface area contributed by atoms with Gasteiger partial charge in [-0.15, -0.1) is 0 Å². The van der Waals surface area contributed by atoms with Gasteiger partial charge in [0.2, 0.25) is 0 Å². The maximum Gasteiger partial charge on any atom is 0.261 e. The van der Waals surface area contributed by atoms with Crippen molar-refractivity contribution in [2.75, 3.05) is 18.6 Å². The number of hydrogen-bond donors (Lipinski definition) is 0. The number of rotatable bonds is 9. The number of fused-ring (bicyclic) bond motifs is 1. The maximum atomic E-state index is 12.1. The van der Waals surface area contributed by atoms with E-state index in [1.807, 2.05) is 23.9 Å². The van der Waals surface area contributed by atoms with Crippen LogP contribution in [0.25, 0.3) is 0 Å². The van der Waals surface area contributed by atoms with Gasteiger partial charge in [-0.05, 0) is 37.0 Å². The van der Waals surface area contributed by atoms with E-state index in [-0.39, 0.29) is 11.8 Å². The summed E-state index contributed by atoms with van der Waals surface area (Å²) in [7, 11) is 0. The van der Waals surface area contributed by atoms with E-state index in [2.05, 4.69) is 6.26 Å². The number of unbranched alkanes of at least 4 members (excludes halogenated alkanes) is 5. The normalized spacial score (nSPS) is 13.9. The number of amides is 2. The monoisotopic (exact) mass is 305 g/mol. The van der Waals surface area contributed by atoms with Gasteiger partial charge in [0.15, 0.2) is 0 Å². The molecule has 2 amide bonds. The average Bonchev–Trinajstić information content (AvgIpc) is 2.75. The molecule has 1 aromatic carbocycles. The van der Waals surface area contributed by atoms with E-state index in [1.54, 1.807) is 12.1 Å². The lowest BCUT2D eigenvalue weighted by molar-refractivity contribution is 0.0651. The first-order valence-electron chi connectivity index (χ1n) is 7.70. The van der Waals surface area contributed by atoms with Gasteiger partial charge in [0.1, 0.15) is 0 Å². The van der Waals surface area contributed by atoms with Gasteiger partial charge in [-0.1, -0.05) is 37.8 Å². The molecule has 1 heterocycles. The van der Waals surface area contributed by atoms with E-state index in [4.69, 9.17) is 0 Å². The molecule has 0 saturated carbocycles. The third kappa shape index (κ3) is 4.10. The maximum absolute atomic E-state index is 12.1. The van der Waals surface area contributed by atoms with Gasteiger partial charge in [0, 0.05) is 6.54 Å². The van der Waals surface area contributed by atoms with E-state index < -0.39 is 0 Å². The van der Waals surface area contributed by atoms with E-state index in [1.165, 1.54) is 36.3 Å². The summed E-state index contributed by atoms with van der Waals surface area (Å²) in [6, 6.07) is 7.09. The Balaban J connectivity index is 1.69. The number of hydrogen-bond acceptors (Lipinski definition) is 3. The molecular formula is C17H23NO2S. The predicted molar refractivity (Wildman–Crippen MR) is 87.9 cm³/mol. The van der Waals surface area contributed by atoms with Crippen LogP contribution in [0.3, 0.4) is 0 Å². The molecular weight excluding hydrogens is 282 g/mol. The topological polar surface area (TPSA) is 37.4 Å². The van der Waals surface area contributed by atoms with Gasteiger partial charge < -0.3 is 0 Å². The second kappa shape index (κ2) is 8.23. The van der Waals surface area contributed by atoms with Crippen molar-refractivity contribution in [3.05, 3.63) is 35.4 Å². The Kier molecular flexibility index (Phi) is 6.30. The lowest BCUT2D eigenvalue weighted by Gasteiger charge is -2.13. The molecule has 0 saturated heterocycles. The van der Waals surface area contributed by atoms with Crippen LogP contribution in [-0.4, -0.2) is 35.3 Å². The zero-order valence-corrected chi connectivity index (χ0v) is 13.5. The zero-order chi connectivity index (χ0) is 15.1. The lowest BCUT2D eigenvalue weighted by atomic mass is 10.1. The smallest absolute Gasteiger partial charge is 0.261 e. The summed E-state index contributed by atoms with van der Waals surface area (Å²) in [4.78, 5) is 25.7. The standard InChI is InChI=1S/C17H23NO2S/c1-21-13-9-5-3-2-4-8-12-18-16(19)14-10-6-7-11-15(14)17(18)20/h6-7,10-11H,2-5,8-9,12-13H2,1H3. The summed E-state index contributed by atoms with van der Waals surface area (Å²) in [5.74, 6) is 0.987. The molecule has 0 atom stereocenters. The first-order chi connectivity index (χ1) is 10.3. The van der Waals surface area contributed by atoms with Crippen LogP contribution in [0.1, 0.15) is 59.2 Å². The van der Waals surface area contributed by atoms with Gasteiger partial charge in [0.05, 0.1) is 11.1 Å². The minimum Gasteiger partial charge on any atom is -0.274 e. The molecule has 0 fully saturated rings. The first kappa shape index (κ1) is 16.1. The number of carbonyl (C=O) groups is 2. The van der Waals surface area contributed by atoms with Crippen LogP contribution in [0.5, 0.6) is 0 Å². The Bertz CT molecular complexity index is 466. The SMILES string of the molecule is CSCCCCCCCCN1C(=O)c2ccccc2C1=O. The third-order valence-electron chi connectivity index (χ3n) is 3.86. The molecule has 3 nitrogen and oxygen atoms in total. The summed E-state index contributed by atoms with van der Waals surface area (Å²) in [5.41, 5.74) is 1.11. The number of benzene rings is 1. The van der Waals surface area contributed by atoms with E-state index >= 15 is 0 Å². The molecule has 1 aliphatic heterocycles. The first-order valence-corrected chi connectivity index (χ1v) is 9.09. The van der Waals surface area contributed by atoms with Crippen LogP contribution in [0.4, 0.5) is 0 Å².